The molecule has 18 nitrogen and oxygen atoms in total. The molecular weight excluding hydrogens is 931 g/mol. The van der Waals surface area contributed by atoms with Crippen molar-refractivity contribution >= 4 is 53.2 Å². The normalized spacial score (nSPS) is 26.8. The first-order valence-corrected chi connectivity index (χ1v) is 26.4. The van der Waals surface area contributed by atoms with Crippen LogP contribution in [-0.4, -0.2) is 119 Å². The number of hydrogen-bond acceptors (Lipinski definition) is 9. The molecular formula is C55H83N9O9. The van der Waals surface area contributed by atoms with E-state index in [-0.39, 0.29) is 50.5 Å². The highest BCUT2D eigenvalue weighted by molar-refractivity contribution is 5.99. The molecule has 402 valence electrons. The van der Waals surface area contributed by atoms with Crippen LogP contribution >= 0.6 is 0 Å². The second-order valence-corrected chi connectivity index (χ2v) is 21.3. The third kappa shape index (κ3) is 17.4. The molecule has 18 heteroatoms. The summed E-state index contributed by atoms with van der Waals surface area (Å²) in [6, 6.07) is 7.72. The highest BCUT2D eigenvalue weighted by Crippen LogP contribution is 2.21. The van der Waals surface area contributed by atoms with Gasteiger partial charge in [-0.2, -0.15) is 0 Å². The molecule has 2 heterocycles. The van der Waals surface area contributed by atoms with E-state index in [4.69, 9.17) is 0 Å². The van der Waals surface area contributed by atoms with E-state index >= 15 is 0 Å². The second-order valence-electron chi connectivity index (χ2n) is 21.3. The molecule has 2 aliphatic rings. The van der Waals surface area contributed by atoms with Gasteiger partial charge in [0.2, 0.25) is 53.2 Å². The lowest BCUT2D eigenvalue weighted by atomic mass is 9.93. The number of carbonyl (C=O) groups excluding carboxylic acids is 9. The molecule has 2 saturated heterocycles. The number of rotatable bonds is 13. The zero-order chi connectivity index (χ0) is 54.1. The van der Waals surface area contributed by atoms with Gasteiger partial charge in [0.1, 0.15) is 54.4 Å². The maximum atomic E-state index is 14.6. The third-order valence-electron chi connectivity index (χ3n) is 13.9. The minimum Gasteiger partial charge on any atom is -0.343 e. The first-order valence-electron chi connectivity index (χ1n) is 26.4. The van der Waals surface area contributed by atoms with Gasteiger partial charge >= 0.3 is 0 Å². The largest absolute Gasteiger partial charge is 0.343 e. The van der Waals surface area contributed by atoms with Crippen LogP contribution in [0.25, 0.3) is 0 Å². The van der Waals surface area contributed by atoms with Crippen molar-refractivity contribution in [3.63, 3.8) is 0 Å². The van der Waals surface area contributed by atoms with Gasteiger partial charge in [0.25, 0.3) is 0 Å². The van der Waals surface area contributed by atoms with Gasteiger partial charge in [-0.25, -0.2) is 0 Å². The van der Waals surface area contributed by atoms with E-state index in [0.717, 1.165) is 0 Å². The number of carbonyl (C=O) groups is 9. The molecule has 0 spiro atoms. The van der Waals surface area contributed by atoms with Crippen LogP contribution in [-0.2, 0) is 56.0 Å². The minimum atomic E-state index is -1.25. The van der Waals surface area contributed by atoms with Gasteiger partial charge in [-0.1, -0.05) is 143 Å². The number of fused-ring (bicyclic) bond motifs is 1. The van der Waals surface area contributed by atoms with Crippen LogP contribution < -0.4 is 42.5 Å². The number of nitrogens with one attached hydrogen (secondary N) is 8. The van der Waals surface area contributed by atoms with E-state index in [9.17, 15) is 43.2 Å². The molecule has 8 N–H and O–H groups in total. The van der Waals surface area contributed by atoms with Gasteiger partial charge in [-0.05, 0) is 73.3 Å². The Hall–Kier alpha value is -6.33. The molecule has 2 fully saturated rings. The van der Waals surface area contributed by atoms with Crippen LogP contribution in [0.5, 0.6) is 0 Å². The Bertz CT molecular complexity index is 2210. The standard InChI is InChI=1S/C55H83N9O9/c1-12-34(9)45-53(71)60-40(28-32(5)6)49(67)61-44(33(7)8)52(70)56-36(11)55(73)64-26-20-25-43(64)51(69)59-42(30-38-23-18-15-19-24-38)48(66)58-41(29-37-21-16-14-17-22-37)47(65)57-39(27-31(3)4)50(68)62-46(35(10)13-2)54(72)63-45/h14-19,21-24,31-36,39-46H,12-13,20,25-30H2,1-11H3,(H,56,70)(H,57,65)(H,58,66)(H,59,69)(H,60,71)(H,61,67)(H,62,68)(H,63,72)/t34-,35-,36-,39-,40-,41-,42-,43-,44-,45-,46-/m0/s1. The SMILES string of the molecule is CC[C@H](C)[C@@H]1NC(=O)[C@H](CC(C)C)NC(=O)[C@H](Cc2ccccc2)NC(=O)[C@H](Cc2ccccc2)NC(=O)[C@@H]2CCCN2C(=O)[C@H](C)NC(=O)[C@H](C(C)C)NC(=O)[C@H](CC(C)C)NC(=O)[C@H]([C@@H](C)CC)NC1=O. The van der Waals surface area contributed by atoms with Gasteiger partial charge in [0.15, 0.2) is 0 Å². The molecule has 2 aromatic carbocycles. The minimum absolute atomic E-state index is 0.0166. The predicted molar refractivity (Wildman–Crippen MR) is 279 cm³/mol. The number of nitrogens with zero attached hydrogens (tertiary/aromatic N) is 1. The monoisotopic (exact) mass is 1010 g/mol. The molecule has 9 amide bonds. The topological polar surface area (TPSA) is 253 Å². The van der Waals surface area contributed by atoms with E-state index < -0.39 is 125 Å². The second kappa shape index (κ2) is 28.2. The molecule has 0 aliphatic carbocycles. The Labute approximate surface area is 432 Å². The average molecular weight is 1010 g/mol. The highest BCUT2D eigenvalue weighted by atomic mass is 16.2. The molecule has 2 aromatic rings. The summed E-state index contributed by atoms with van der Waals surface area (Å²) in [5.74, 6) is -7.25. The molecule has 73 heavy (non-hydrogen) atoms. The van der Waals surface area contributed by atoms with Crippen LogP contribution in [0.3, 0.4) is 0 Å². The maximum absolute atomic E-state index is 14.6. The average Bonchev–Trinajstić information content (AvgIpc) is 3.85. The molecule has 11 atom stereocenters. The molecule has 2 aliphatic heterocycles. The van der Waals surface area contributed by atoms with Gasteiger partial charge < -0.3 is 47.4 Å². The first-order chi connectivity index (χ1) is 34.5. The van der Waals surface area contributed by atoms with Crippen molar-refractivity contribution in [3.05, 3.63) is 71.8 Å². The smallest absolute Gasteiger partial charge is 0.245 e. The van der Waals surface area contributed by atoms with Crippen molar-refractivity contribution < 1.29 is 43.2 Å². The van der Waals surface area contributed by atoms with Crippen LogP contribution in [0.2, 0.25) is 0 Å². The van der Waals surface area contributed by atoms with E-state index in [2.05, 4.69) is 42.5 Å². The van der Waals surface area contributed by atoms with E-state index in [1.807, 2.05) is 53.7 Å². The zero-order valence-electron chi connectivity index (χ0n) is 44.8. The van der Waals surface area contributed by atoms with Crippen LogP contribution in [0.1, 0.15) is 126 Å². The number of benzene rings is 2. The van der Waals surface area contributed by atoms with E-state index in [1.165, 1.54) is 11.8 Å². The zero-order valence-corrected chi connectivity index (χ0v) is 44.8. The molecule has 0 radical (unpaired) electrons. The fourth-order valence-electron chi connectivity index (χ4n) is 9.20. The Morgan fingerprint density at radius 1 is 0.466 bits per heavy atom. The highest BCUT2D eigenvalue weighted by Gasteiger charge is 2.41. The van der Waals surface area contributed by atoms with Crippen molar-refractivity contribution in [3.8, 4) is 0 Å². The maximum Gasteiger partial charge on any atom is 0.245 e. The quantitative estimate of drug-likeness (QED) is 0.147. The summed E-state index contributed by atoms with van der Waals surface area (Å²) in [5, 5.41) is 22.8. The lowest BCUT2D eigenvalue weighted by Crippen LogP contribution is -2.62. The van der Waals surface area contributed by atoms with E-state index in [1.54, 1.807) is 76.2 Å². The van der Waals surface area contributed by atoms with Crippen molar-refractivity contribution in [1.29, 1.82) is 0 Å². The van der Waals surface area contributed by atoms with Gasteiger partial charge in [0.05, 0.1) is 0 Å². The van der Waals surface area contributed by atoms with Crippen LogP contribution in [0.15, 0.2) is 60.7 Å². The van der Waals surface area contributed by atoms with Crippen molar-refractivity contribution in [2.24, 2.45) is 29.6 Å². The Morgan fingerprint density at radius 3 is 1.27 bits per heavy atom. The van der Waals surface area contributed by atoms with Gasteiger partial charge in [-0.3, -0.25) is 43.2 Å². The lowest BCUT2D eigenvalue weighted by Gasteiger charge is -2.32. The lowest BCUT2D eigenvalue weighted by molar-refractivity contribution is -0.142. The summed E-state index contributed by atoms with van der Waals surface area (Å²) in [7, 11) is 0. The van der Waals surface area contributed by atoms with Crippen molar-refractivity contribution in [1.82, 2.24) is 47.4 Å². The summed E-state index contributed by atoms with van der Waals surface area (Å²) >= 11 is 0. The third-order valence-corrected chi connectivity index (χ3v) is 13.9. The van der Waals surface area contributed by atoms with Crippen molar-refractivity contribution in [2.45, 2.75) is 182 Å². The Balaban J connectivity index is 1.84. The summed E-state index contributed by atoms with van der Waals surface area (Å²) in [5.41, 5.74) is 1.42. The van der Waals surface area contributed by atoms with Gasteiger partial charge in [0, 0.05) is 19.4 Å². The first kappa shape index (κ1) is 59.2. The summed E-state index contributed by atoms with van der Waals surface area (Å²) in [6.45, 7) is 20.0. The molecule has 4 rings (SSSR count). The summed E-state index contributed by atoms with van der Waals surface area (Å²) in [6.07, 6.45) is 2.07. The van der Waals surface area contributed by atoms with Gasteiger partial charge in [-0.15, -0.1) is 0 Å². The number of hydrogen-bond donors (Lipinski definition) is 8. The summed E-state index contributed by atoms with van der Waals surface area (Å²) < 4.78 is 0. The summed E-state index contributed by atoms with van der Waals surface area (Å²) in [4.78, 5) is 131. The van der Waals surface area contributed by atoms with Crippen molar-refractivity contribution in [2.75, 3.05) is 6.54 Å². The Kier molecular flexibility index (Phi) is 22.9. The fraction of sp³-hybridized carbons (Fsp3) is 0.618. The molecule has 0 aromatic heterocycles. The Morgan fingerprint density at radius 2 is 0.836 bits per heavy atom. The van der Waals surface area contributed by atoms with Crippen LogP contribution in [0, 0.1) is 29.6 Å². The van der Waals surface area contributed by atoms with E-state index in [0.29, 0.717) is 30.4 Å². The molecule has 0 unspecified atom stereocenters. The molecule has 0 bridgehead atoms. The predicted octanol–water partition coefficient (Wildman–Crippen LogP) is 3.22. The molecule has 0 saturated carbocycles. The fourth-order valence-corrected chi connectivity index (χ4v) is 9.20. The number of amides is 9. The van der Waals surface area contributed by atoms with Crippen LogP contribution in [0.4, 0.5) is 0 Å².